The van der Waals surface area contributed by atoms with Gasteiger partial charge in [-0.1, -0.05) is 0 Å². The average molecular weight is 491 g/mol. The van der Waals surface area contributed by atoms with Crippen molar-refractivity contribution in [1.29, 1.82) is 5.26 Å². The smallest absolute Gasteiger partial charge is 0.413 e. The van der Waals surface area contributed by atoms with Crippen LogP contribution in [0.5, 0.6) is 5.88 Å². The van der Waals surface area contributed by atoms with Crippen LogP contribution in [-0.4, -0.2) is 35.3 Å². The molecule has 1 aliphatic heterocycles. The van der Waals surface area contributed by atoms with E-state index in [1.807, 2.05) is 20.8 Å². The Bertz CT molecular complexity index is 1410. The minimum absolute atomic E-state index is 0.0360. The van der Waals surface area contributed by atoms with E-state index in [-0.39, 0.29) is 23.5 Å². The summed E-state index contributed by atoms with van der Waals surface area (Å²) in [6, 6.07) is 5.59. The Kier molecular flexibility index (Phi) is 5.79. The first-order chi connectivity index (χ1) is 17.2. The summed E-state index contributed by atoms with van der Waals surface area (Å²) in [6.07, 6.45) is 3.42. The Balaban J connectivity index is 1.38. The standard InChI is InChI=1S/C26H27FN6O3/c1-13-18(10-32-24-23(13)30-4-5-35-24)17-6-14-7-20(31-11-19(14)22(29)21(17)27)33-25(34)36-16-8-15(9-16)26(2,3)12-28/h6-7,10-11,15-16,30H,4-5,8-9,29H2,1-3H3,(H,31,33,34)/t15-,16+. The van der Waals surface area contributed by atoms with Crippen molar-refractivity contribution in [2.45, 2.75) is 39.7 Å². The van der Waals surface area contributed by atoms with Gasteiger partial charge in [-0.05, 0) is 62.6 Å². The summed E-state index contributed by atoms with van der Waals surface area (Å²) in [7, 11) is 0. The van der Waals surface area contributed by atoms with E-state index in [9.17, 15) is 10.1 Å². The molecule has 1 saturated carbocycles. The lowest BCUT2D eigenvalue weighted by Gasteiger charge is -2.40. The predicted octanol–water partition coefficient (Wildman–Crippen LogP) is 5.01. The van der Waals surface area contributed by atoms with E-state index in [0.717, 1.165) is 11.3 Å². The van der Waals surface area contributed by atoms with Gasteiger partial charge in [-0.25, -0.2) is 19.2 Å². The zero-order chi connectivity index (χ0) is 25.6. The van der Waals surface area contributed by atoms with Crippen molar-refractivity contribution >= 4 is 34.1 Å². The highest BCUT2D eigenvalue weighted by Crippen LogP contribution is 2.43. The van der Waals surface area contributed by atoms with Gasteiger partial charge in [-0.15, -0.1) is 0 Å². The molecule has 1 fully saturated rings. The van der Waals surface area contributed by atoms with Crippen LogP contribution in [0.15, 0.2) is 24.5 Å². The molecule has 10 heteroatoms. The number of hydrogen-bond acceptors (Lipinski definition) is 8. The molecular weight excluding hydrogens is 463 g/mol. The predicted molar refractivity (Wildman–Crippen MR) is 134 cm³/mol. The Morgan fingerprint density at radius 2 is 2.08 bits per heavy atom. The van der Waals surface area contributed by atoms with Crippen LogP contribution < -0.4 is 21.1 Å². The maximum absolute atomic E-state index is 15.3. The van der Waals surface area contributed by atoms with Crippen molar-refractivity contribution in [2.24, 2.45) is 11.3 Å². The second-order valence-electron chi connectivity index (χ2n) is 9.85. The quantitative estimate of drug-likeness (QED) is 0.435. The van der Waals surface area contributed by atoms with Gasteiger partial charge in [0.05, 0.1) is 17.2 Å². The number of nitriles is 1. The minimum atomic E-state index is -0.629. The molecule has 2 aromatic heterocycles. The highest BCUT2D eigenvalue weighted by molar-refractivity contribution is 5.99. The zero-order valence-electron chi connectivity index (χ0n) is 20.3. The maximum Gasteiger partial charge on any atom is 0.413 e. The first-order valence-corrected chi connectivity index (χ1v) is 11.8. The third-order valence-electron chi connectivity index (χ3n) is 7.14. The molecule has 1 aromatic carbocycles. The van der Waals surface area contributed by atoms with Crippen molar-refractivity contribution in [3.63, 3.8) is 0 Å². The Morgan fingerprint density at radius 1 is 1.31 bits per heavy atom. The molecule has 0 bridgehead atoms. The fraction of sp³-hybridized carbons (Fsp3) is 0.385. The van der Waals surface area contributed by atoms with E-state index in [0.29, 0.717) is 53.8 Å². The number of nitrogens with one attached hydrogen (secondary N) is 2. The number of hydrogen-bond donors (Lipinski definition) is 3. The van der Waals surface area contributed by atoms with E-state index in [1.54, 1.807) is 18.3 Å². The molecule has 4 N–H and O–H groups in total. The Morgan fingerprint density at radius 3 is 2.83 bits per heavy atom. The molecule has 3 heterocycles. The van der Waals surface area contributed by atoms with Crippen LogP contribution in [0.1, 0.15) is 32.3 Å². The van der Waals surface area contributed by atoms with E-state index < -0.39 is 17.3 Å². The van der Waals surface area contributed by atoms with Crippen molar-refractivity contribution in [2.75, 3.05) is 29.5 Å². The number of rotatable bonds is 4. The van der Waals surface area contributed by atoms with Crippen molar-refractivity contribution in [3.05, 3.63) is 35.9 Å². The molecule has 9 nitrogen and oxygen atoms in total. The van der Waals surface area contributed by atoms with Gasteiger partial charge in [0.25, 0.3) is 0 Å². The molecule has 1 amide bonds. The molecule has 0 unspecified atom stereocenters. The van der Waals surface area contributed by atoms with Gasteiger partial charge in [-0.3, -0.25) is 5.32 Å². The summed E-state index contributed by atoms with van der Waals surface area (Å²) in [6.45, 7) is 6.80. The van der Waals surface area contributed by atoms with Crippen LogP contribution in [0.3, 0.4) is 0 Å². The van der Waals surface area contributed by atoms with Crippen LogP contribution in [0.25, 0.3) is 21.9 Å². The van der Waals surface area contributed by atoms with Gasteiger partial charge in [0.2, 0.25) is 5.88 Å². The number of pyridine rings is 2. The number of aromatic nitrogens is 2. The number of nitrogens with two attached hydrogens (primary N) is 1. The lowest BCUT2D eigenvalue weighted by Crippen LogP contribution is -2.41. The summed E-state index contributed by atoms with van der Waals surface area (Å²) in [5.41, 5.74) is 8.06. The number of nitrogen functional groups attached to an aromatic ring is 1. The maximum atomic E-state index is 15.3. The van der Waals surface area contributed by atoms with E-state index in [1.165, 1.54) is 6.20 Å². The van der Waals surface area contributed by atoms with Crippen LogP contribution in [-0.2, 0) is 4.74 Å². The minimum Gasteiger partial charge on any atom is -0.474 e. The second-order valence-corrected chi connectivity index (χ2v) is 9.85. The molecule has 5 rings (SSSR count). The number of nitrogens with zero attached hydrogens (tertiary/aromatic N) is 3. The summed E-state index contributed by atoms with van der Waals surface area (Å²) in [5, 5.41) is 16.2. The molecule has 2 aliphatic rings. The van der Waals surface area contributed by atoms with Crippen LogP contribution >= 0.6 is 0 Å². The van der Waals surface area contributed by atoms with Gasteiger partial charge < -0.3 is 20.5 Å². The molecule has 0 atom stereocenters. The summed E-state index contributed by atoms with van der Waals surface area (Å²) < 4.78 is 26.4. The summed E-state index contributed by atoms with van der Waals surface area (Å²) in [4.78, 5) is 21.0. The van der Waals surface area contributed by atoms with Gasteiger partial charge >= 0.3 is 6.09 Å². The lowest BCUT2D eigenvalue weighted by atomic mass is 9.66. The topological polar surface area (TPSA) is 135 Å². The van der Waals surface area contributed by atoms with Gasteiger partial charge in [-0.2, -0.15) is 5.26 Å². The van der Waals surface area contributed by atoms with Crippen LogP contribution in [0, 0.1) is 35.4 Å². The highest BCUT2D eigenvalue weighted by atomic mass is 19.1. The van der Waals surface area contributed by atoms with Crippen LogP contribution in [0.2, 0.25) is 0 Å². The van der Waals surface area contributed by atoms with Gasteiger partial charge in [0.15, 0.2) is 5.82 Å². The number of anilines is 3. The molecule has 36 heavy (non-hydrogen) atoms. The monoisotopic (exact) mass is 490 g/mol. The first kappa shape index (κ1) is 23.6. The van der Waals surface area contributed by atoms with E-state index in [4.69, 9.17) is 15.2 Å². The zero-order valence-corrected chi connectivity index (χ0v) is 20.3. The molecular formula is C26H27FN6O3. The number of fused-ring (bicyclic) bond motifs is 2. The number of benzene rings is 1. The first-order valence-electron chi connectivity index (χ1n) is 11.8. The fourth-order valence-electron chi connectivity index (χ4n) is 4.68. The van der Waals surface area contributed by atoms with E-state index >= 15 is 4.39 Å². The Hall–Kier alpha value is -4.13. The van der Waals surface area contributed by atoms with E-state index in [2.05, 4.69) is 26.7 Å². The normalized spacial score (nSPS) is 18.8. The summed E-state index contributed by atoms with van der Waals surface area (Å²) >= 11 is 0. The molecule has 186 valence electrons. The van der Waals surface area contributed by atoms with Crippen molar-refractivity contribution in [3.8, 4) is 23.1 Å². The fourth-order valence-corrected chi connectivity index (χ4v) is 4.68. The molecule has 0 saturated heterocycles. The summed E-state index contributed by atoms with van der Waals surface area (Å²) in [5.74, 6) is 0.373. The SMILES string of the molecule is Cc1c(-c2cc3cc(NC(=O)O[C@H]4C[C@@H](C(C)(C)C#N)C4)ncc3c(N)c2F)cnc2c1NCCO2. The molecule has 0 spiro atoms. The largest absolute Gasteiger partial charge is 0.474 e. The number of carbonyl (C=O) groups is 1. The Labute approximate surface area is 207 Å². The average Bonchev–Trinajstić information content (AvgIpc) is 2.84. The number of ether oxygens (including phenoxy) is 2. The number of carbonyl (C=O) groups excluding carboxylic acids is 1. The lowest BCUT2D eigenvalue weighted by molar-refractivity contribution is -0.00711. The van der Waals surface area contributed by atoms with Gasteiger partial charge in [0, 0.05) is 35.5 Å². The molecule has 3 aromatic rings. The molecule has 0 radical (unpaired) electrons. The highest BCUT2D eigenvalue weighted by Gasteiger charge is 2.42. The number of halogens is 1. The number of amides is 1. The molecule has 1 aliphatic carbocycles. The van der Waals surface area contributed by atoms with Gasteiger partial charge in [0.1, 0.15) is 24.2 Å². The van der Waals surface area contributed by atoms with Crippen molar-refractivity contribution < 1.29 is 18.7 Å². The third-order valence-corrected chi connectivity index (χ3v) is 7.14. The van der Waals surface area contributed by atoms with Crippen LogP contribution in [0.4, 0.5) is 26.4 Å². The third kappa shape index (κ3) is 4.11. The second kappa shape index (κ2) is 8.82. The van der Waals surface area contributed by atoms with Crippen molar-refractivity contribution in [1.82, 2.24) is 9.97 Å².